The number of amides is 1. The third kappa shape index (κ3) is 4.49. The maximum Gasteiger partial charge on any atom is 0.289 e. The van der Waals surface area contributed by atoms with Crippen molar-refractivity contribution in [2.75, 3.05) is 19.6 Å². The van der Waals surface area contributed by atoms with Gasteiger partial charge in [0.2, 0.25) is 5.76 Å². The number of carbonyl (C=O) groups excluding carboxylic acids is 1. The third-order valence-electron chi connectivity index (χ3n) is 4.70. The number of hydrogen-bond donors (Lipinski definition) is 1. The summed E-state index contributed by atoms with van der Waals surface area (Å²) in [6.45, 7) is 6.33. The summed E-state index contributed by atoms with van der Waals surface area (Å²) < 4.78 is 19.5. The highest BCUT2D eigenvalue weighted by molar-refractivity contribution is 5.91. The van der Waals surface area contributed by atoms with Crippen molar-refractivity contribution in [2.24, 2.45) is 5.92 Å². The molecular weight excluding hydrogens is 333 g/mol. The number of aromatic nitrogens is 1. The van der Waals surface area contributed by atoms with Gasteiger partial charge in [0.15, 0.2) is 0 Å². The van der Waals surface area contributed by atoms with Crippen molar-refractivity contribution < 1.29 is 13.7 Å². The van der Waals surface area contributed by atoms with E-state index in [2.05, 4.69) is 29.2 Å². The number of hydrogen-bond acceptors (Lipinski definition) is 4. The number of halogens is 1. The van der Waals surface area contributed by atoms with E-state index in [4.69, 9.17) is 4.52 Å². The van der Waals surface area contributed by atoms with Gasteiger partial charge in [0, 0.05) is 18.2 Å². The molecule has 0 spiro atoms. The topological polar surface area (TPSA) is 58.4 Å². The predicted octanol–water partition coefficient (Wildman–Crippen LogP) is 3.58. The van der Waals surface area contributed by atoms with Crippen molar-refractivity contribution in [1.29, 1.82) is 0 Å². The minimum absolute atomic E-state index is 0.180. The van der Waals surface area contributed by atoms with E-state index < -0.39 is 0 Å². The van der Waals surface area contributed by atoms with E-state index in [1.165, 1.54) is 6.07 Å². The molecule has 2 aromatic rings. The fraction of sp³-hybridized carbons (Fsp3) is 0.500. The first-order chi connectivity index (χ1) is 12.5. The van der Waals surface area contributed by atoms with Crippen molar-refractivity contribution in [3.05, 3.63) is 53.2 Å². The Morgan fingerprint density at radius 3 is 2.73 bits per heavy atom. The lowest BCUT2D eigenvalue weighted by atomic mass is 10.0. The average molecular weight is 359 g/mol. The summed E-state index contributed by atoms with van der Waals surface area (Å²) in [7, 11) is 0. The number of likely N-dealkylation sites (tertiary alicyclic amines) is 1. The summed E-state index contributed by atoms with van der Waals surface area (Å²) in [4.78, 5) is 14.6. The molecule has 1 aromatic carbocycles. The van der Waals surface area contributed by atoms with E-state index in [-0.39, 0.29) is 23.5 Å². The number of rotatable bonds is 7. The normalized spacial score (nSPS) is 16.2. The van der Waals surface area contributed by atoms with Gasteiger partial charge >= 0.3 is 0 Å². The molecule has 0 radical (unpaired) electrons. The first kappa shape index (κ1) is 18.6. The Morgan fingerprint density at radius 1 is 1.31 bits per heavy atom. The molecule has 0 saturated carbocycles. The Hall–Kier alpha value is -2.21. The maximum atomic E-state index is 14.3. The molecule has 1 aliphatic heterocycles. The smallest absolute Gasteiger partial charge is 0.289 e. The highest BCUT2D eigenvalue weighted by Crippen LogP contribution is 2.26. The molecule has 140 valence electrons. The molecule has 3 rings (SSSR count). The first-order valence-electron chi connectivity index (χ1n) is 9.27. The highest BCUT2D eigenvalue weighted by atomic mass is 19.1. The van der Waals surface area contributed by atoms with Gasteiger partial charge in [-0.05, 0) is 44.3 Å². The van der Waals surface area contributed by atoms with Crippen molar-refractivity contribution in [3.8, 4) is 0 Å². The lowest BCUT2D eigenvalue weighted by Gasteiger charge is -2.28. The van der Waals surface area contributed by atoms with Gasteiger partial charge in [0.25, 0.3) is 5.91 Å². The average Bonchev–Trinajstić information content (AvgIpc) is 3.28. The Morgan fingerprint density at radius 2 is 2.04 bits per heavy atom. The quantitative estimate of drug-likeness (QED) is 0.821. The molecule has 1 N–H and O–H groups in total. The fourth-order valence-corrected chi connectivity index (χ4v) is 3.44. The second kappa shape index (κ2) is 8.45. The van der Waals surface area contributed by atoms with Gasteiger partial charge < -0.3 is 9.84 Å². The van der Waals surface area contributed by atoms with Gasteiger partial charge in [-0.15, -0.1) is 0 Å². The van der Waals surface area contributed by atoms with E-state index >= 15 is 0 Å². The molecule has 0 aliphatic carbocycles. The Kier molecular flexibility index (Phi) is 6.04. The van der Waals surface area contributed by atoms with Crippen molar-refractivity contribution in [2.45, 2.75) is 39.2 Å². The minimum atomic E-state index is -0.312. The van der Waals surface area contributed by atoms with Crippen LogP contribution in [0.25, 0.3) is 0 Å². The highest BCUT2D eigenvalue weighted by Gasteiger charge is 2.26. The molecule has 1 aromatic heterocycles. The largest absolute Gasteiger partial charge is 0.351 e. The van der Waals surface area contributed by atoms with Gasteiger partial charge in [0.05, 0.1) is 11.7 Å². The van der Waals surface area contributed by atoms with Gasteiger partial charge in [0.1, 0.15) is 5.82 Å². The van der Waals surface area contributed by atoms with E-state index in [1.807, 2.05) is 6.07 Å². The molecule has 1 fully saturated rings. The molecular formula is C20H26FN3O2. The minimum Gasteiger partial charge on any atom is -0.351 e. The molecule has 1 saturated heterocycles. The second-order valence-electron chi connectivity index (χ2n) is 7.27. The number of benzene rings is 1. The van der Waals surface area contributed by atoms with Gasteiger partial charge in [-0.1, -0.05) is 37.2 Å². The number of nitrogens with one attached hydrogen (secondary N) is 1. The van der Waals surface area contributed by atoms with Crippen LogP contribution < -0.4 is 5.32 Å². The summed E-state index contributed by atoms with van der Waals surface area (Å²) in [6, 6.07) is 8.28. The zero-order valence-electron chi connectivity index (χ0n) is 15.4. The van der Waals surface area contributed by atoms with Crippen molar-refractivity contribution >= 4 is 5.91 Å². The SMILES string of the molecule is CC(C)Cc1cc(C(=O)NCC(c2ccccc2F)N2CCCC2)on1. The van der Waals surface area contributed by atoms with Crippen LogP contribution in [-0.2, 0) is 6.42 Å². The Bertz CT molecular complexity index is 738. The van der Waals surface area contributed by atoms with Gasteiger partial charge in [-0.2, -0.15) is 0 Å². The fourth-order valence-electron chi connectivity index (χ4n) is 3.44. The van der Waals surface area contributed by atoms with Crippen LogP contribution in [0.4, 0.5) is 4.39 Å². The lowest BCUT2D eigenvalue weighted by molar-refractivity contribution is 0.0900. The van der Waals surface area contributed by atoms with Crippen molar-refractivity contribution in [3.63, 3.8) is 0 Å². The third-order valence-corrected chi connectivity index (χ3v) is 4.70. The summed E-state index contributed by atoms with van der Waals surface area (Å²) >= 11 is 0. The van der Waals surface area contributed by atoms with Crippen LogP contribution in [0.1, 0.15) is 54.5 Å². The first-order valence-corrected chi connectivity index (χ1v) is 9.27. The van der Waals surface area contributed by atoms with Crippen LogP contribution in [0, 0.1) is 11.7 Å². The van der Waals surface area contributed by atoms with Crippen LogP contribution in [0.2, 0.25) is 0 Å². The van der Waals surface area contributed by atoms with E-state index in [9.17, 15) is 9.18 Å². The van der Waals surface area contributed by atoms with Crippen LogP contribution in [0.3, 0.4) is 0 Å². The van der Waals surface area contributed by atoms with E-state index in [0.29, 0.717) is 18.0 Å². The molecule has 1 aliphatic rings. The Balaban J connectivity index is 1.68. The van der Waals surface area contributed by atoms with Crippen molar-refractivity contribution in [1.82, 2.24) is 15.4 Å². The summed E-state index contributed by atoms with van der Waals surface area (Å²) in [5, 5.41) is 6.84. The molecule has 1 atom stereocenters. The molecule has 0 bridgehead atoms. The molecule has 26 heavy (non-hydrogen) atoms. The standard InChI is InChI=1S/C20H26FN3O2/c1-14(2)11-15-12-19(26-23-15)20(25)22-13-18(24-9-5-6-10-24)16-7-3-4-8-17(16)21/h3-4,7-8,12,14,18H,5-6,9-11,13H2,1-2H3,(H,22,25). The lowest BCUT2D eigenvalue weighted by Crippen LogP contribution is -2.37. The Labute approximate surface area is 153 Å². The maximum absolute atomic E-state index is 14.3. The van der Waals surface area contributed by atoms with Crippen LogP contribution in [0.15, 0.2) is 34.9 Å². The summed E-state index contributed by atoms with van der Waals surface area (Å²) in [6.07, 6.45) is 2.96. The van der Waals surface area contributed by atoms with Crippen LogP contribution in [0.5, 0.6) is 0 Å². The zero-order chi connectivity index (χ0) is 18.5. The molecule has 1 unspecified atom stereocenters. The van der Waals surface area contributed by atoms with Crippen LogP contribution in [-0.4, -0.2) is 35.6 Å². The zero-order valence-corrected chi connectivity index (χ0v) is 15.4. The number of nitrogens with zero attached hydrogens (tertiary/aromatic N) is 2. The predicted molar refractivity (Wildman–Crippen MR) is 97.3 cm³/mol. The van der Waals surface area contributed by atoms with Gasteiger partial charge in [-0.25, -0.2) is 4.39 Å². The summed E-state index contributed by atoms with van der Waals surface area (Å²) in [5.74, 6) is 0.0940. The molecule has 1 amide bonds. The molecule has 2 heterocycles. The van der Waals surface area contributed by atoms with E-state index in [0.717, 1.165) is 38.0 Å². The number of carbonyl (C=O) groups is 1. The molecule has 6 heteroatoms. The van der Waals surface area contributed by atoms with E-state index in [1.54, 1.807) is 18.2 Å². The summed E-state index contributed by atoms with van der Waals surface area (Å²) in [5.41, 5.74) is 1.39. The second-order valence-corrected chi connectivity index (χ2v) is 7.27. The molecule has 5 nitrogen and oxygen atoms in total. The van der Waals surface area contributed by atoms with Gasteiger partial charge in [-0.3, -0.25) is 9.69 Å². The monoisotopic (exact) mass is 359 g/mol. The van der Waals surface area contributed by atoms with Crippen LogP contribution >= 0.6 is 0 Å².